The van der Waals surface area contributed by atoms with E-state index in [1.54, 1.807) is 0 Å². The summed E-state index contributed by atoms with van der Waals surface area (Å²) in [6, 6.07) is 0.805. The van der Waals surface area contributed by atoms with Crippen LogP contribution in [-0.2, 0) is 11.2 Å². The standard InChI is InChI=1S/C10H17N3O2/c1-7(2)11-10-12-9(13-15-10)6-8-4-3-5-14-8/h7-8H,3-6H2,1-2H3,(H,11,12,13). The summed E-state index contributed by atoms with van der Waals surface area (Å²) in [6.45, 7) is 4.92. The fourth-order valence-electron chi connectivity index (χ4n) is 1.65. The molecule has 0 spiro atoms. The largest absolute Gasteiger partial charge is 0.378 e. The molecule has 1 atom stereocenters. The fraction of sp³-hybridized carbons (Fsp3) is 0.800. The van der Waals surface area contributed by atoms with Crippen LogP contribution < -0.4 is 5.32 Å². The quantitative estimate of drug-likeness (QED) is 0.819. The molecule has 1 aliphatic heterocycles. The van der Waals surface area contributed by atoms with Gasteiger partial charge in [0.25, 0.3) is 0 Å². The van der Waals surface area contributed by atoms with Crippen molar-refractivity contribution in [3.05, 3.63) is 5.82 Å². The Morgan fingerprint density at radius 2 is 2.40 bits per heavy atom. The molecule has 0 saturated carbocycles. The Morgan fingerprint density at radius 1 is 1.53 bits per heavy atom. The van der Waals surface area contributed by atoms with Crippen molar-refractivity contribution < 1.29 is 9.26 Å². The van der Waals surface area contributed by atoms with E-state index in [9.17, 15) is 0 Å². The van der Waals surface area contributed by atoms with Crippen molar-refractivity contribution in [3.63, 3.8) is 0 Å². The molecule has 5 heteroatoms. The molecule has 1 saturated heterocycles. The van der Waals surface area contributed by atoms with Gasteiger partial charge in [-0.25, -0.2) is 0 Å². The molecule has 0 aromatic carbocycles. The summed E-state index contributed by atoms with van der Waals surface area (Å²) in [5, 5.41) is 6.97. The molecule has 15 heavy (non-hydrogen) atoms. The number of aromatic nitrogens is 2. The molecule has 1 fully saturated rings. The summed E-state index contributed by atoms with van der Waals surface area (Å²) in [4.78, 5) is 4.24. The van der Waals surface area contributed by atoms with Crippen molar-refractivity contribution in [2.24, 2.45) is 0 Å². The zero-order valence-corrected chi connectivity index (χ0v) is 9.19. The van der Waals surface area contributed by atoms with Gasteiger partial charge in [-0.05, 0) is 26.7 Å². The van der Waals surface area contributed by atoms with Gasteiger partial charge in [0.1, 0.15) is 0 Å². The van der Waals surface area contributed by atoms with Crippen LogP contribution in [0.25, 0.3) is 0 Å². The highest BCUT2D eigenvalue weighted by atomic mass is 16.5. The van der Waals surface area contributed by atoms with Gasteiger partial charge in [0, 0.05) is 19.1 Å². The van der Waals surface area contributed by atoms with Gasteiger partial charge in [-0.3, -0.25) is 0 Å². The maximum atomic E-state index is 5.51. The Bertz CT molecular complexity index is 305. The van der Waals surface area contributed by atoms with E-state index in [0.29, 0.717) is 12.1 Å². The van der Waals surface area contributed by atoms with Crippen molar-refractivity contribution in [1.29, 1.82) is 0 Å². The Balaban J connectivity index is 1.88. The molecule has 1 aromatic rings. The van der Waals surface area contributed by atoms with Gasteiger partial charge in [0.15, 0.2) is 5.82 Å². The van der Waals surface area contributed by atoms with E-state index in [0.717, 1.165) is 31.7 Å². The van der Waals surface area contributed by atoms with Crippen LogP contribution >= 0.6 is 0 Å². The minimum atomic E-state index is 0.273. The van der Waals surface area contributed by atoms with E-state index in [-0.39, 0.29) is 6.10 Å². The van der Waals surface area contributed by atoms with Crippen molar-refractivity contribution in [2.75, 3.05) is 11.9 Å². The van der Waals surface area contributed by atoms with E-state index in [4.69, 9.17) is 9.26 Å². The molecule has 0 aliphatic carbocycles. The highest BCUT2D eigenvalue weighted by Gasteiger charge is 2.19. The maximum absolute atomic E-state index is 5.51. The molecule has 84 valence electrons. The average Bonchev–Trinajstić information content (AvgIpc) is 2.77. The minimum absolute atomic E-state index is 0.273. The van der Waals surface area contributed by atoms with Crippen molar-refractivity contribution in [2.45, 2.75) is 45.3 Å². The first-order valence-electron chi connectivity index (χ1n) is 5.45. The lowest BCUT2D eigenvalue weighted by Crippen LogP contribution is -2.11. The predicted octanol–water partition coefficient (Wildman–Crippen LogP) is 1.61. The normalized spacial score (nSPS) is 21.1. The first-order chi connectivity index (χ1) is 7.24. The van der Waals surface area contributed by atoms with Gasteiger partial charge in [-0.2, -0.15) is 4.98 Å². The molecule has 2 rings (SSSR count). The van der Waals surface area contributed by atoms with Crippen molar-refractivity contribution in [1.82, 2.24) is 10.1 Å². The lowest BCUT2D eigenvalue weighted by atomic mass is 10.2. The van der Waals surface area contributed by atoms with E-state index in [1.807, 2.05) is 13.8 Å². The van der Waals surface area contributed by atoms with Crippen LogP contribution in [0.4, 0.5) is 6.01 Å². The van der Waals surface area contributed by atoms with E-state index in [1.165, 1.54) is 0 Å². The van der Waals surface area contributed by atoms with Crippen LogP contribution in [-0.4, -0.2) is 28.9 Å². The molecular formula is C10H17N3O2. The van der Waals surface area contributed by atoms with Crippen LogP contribution in [0.1, 0.15) is 32.5 Å². The van der Waals surface area contributed by atoms with Crippen LogP contribution in [0.5, 0.6) is 0 Å². The number of hydrogen-bond acceptors (Lipinski definition) is 5. The van der Waals surface area contributed by atoms with Gasteiger partial charge in [-0.1, -0.05) is 5.16 Å². The van der Waals surface area contributed by atoms with Crippen LogP contribution in [0.15, 0.2) is 4.52 Å². The number of nitrogens with zero attached hydrogens (tertiary/aromatic N) is 2. The molecule has 0 radical (unpaired) electrons. The number of hydrogen-bond donors (Lipinski definition) is 1. The van der Waals surface area contributed by atoms with Crippen molar-refractivity contribution in [3.8, 4) is 0 Å². The third-order valence-corrected chi connectivity index (χ3v) is 2.31. The molecule has 1 aromatic heterocycles. The van der Waals surface area contributed by atoms with Crippen molar-refractivity contribution >= 4 is 6.01 Å². The Kier molecular flexibility index (Phi) is 3.20. The summed E-state index contributed by atoms with van der Waals surface area (Å²) in [7, 11) is 0. The maximum Gasteiger partial charge on any atom is 0.321 e. The summed E-state index contributed by atoms with van der Waals surface area (Å²) in [6.07, 6.45) is 3.26. The summed E-state index contributed by atoms with van der Waals surface area (Å²) >= 11 is 0. The lowest BCUT2D eigenvalue weighted by molar-refractivity contribution is 0.109. The first-order valence-corrected chi connectivity index (χ1v) is 5.45. The highest BCUT2D eigenvalue weighted by Crippen LogP contribution is 2.16. The summed E-state index contributed by atoms with van der Waals surface area (Å²) < 4.78 is 10.6. The zero-order chi connectivity index (χ0) is 10.7. The molecule has 1 aliphatic rings. The lowest BCUT2D eigenvalue weighted by Gasteiger charge is -2.04. The van der Waals surface area contributed by atoms with E-state index >= 15 is 0 Å². The van der Waals surface area contributed by atoms with Crippen LogP contribution in [0.2, 0.25) is 0 Å². The van der Waals surface area contributed by atoms with Gasteiger partial charge in [-0.15, -0.1) is 0 Å². The Hall–Kier alpha value is -1.10. The van der Waals surface area contributed by atoms with Gasteiger partial charge < -0.3 is 14.6 Å². The summed E-state index contributed by atoms with van der Waals surface area (Å²) in [5.74, 6) is 0.727. The SMILES string of the molecule is CC(C)Nc1nc(CC2CCCO2)no1. The number of anilines is 1. The summed E-state index contributed by atoms with van der Waals surface area (Å²) in [5.41, 5.74) is 0. The van der Waals surface area contributed by atoms with Crippen LogP contribution in [0, 0.1) is 0 Å². The van der Waals surface area contributed by atoms with Crippen LogP contribution in [0.3, 0.4) is 0 Å². The Labute approximate surface area is 89.2 Å². The molecular weight excluding hydrogens is 194 g/mol. The molecule has 1 unspecified atom stereocenters. The monoisotopic (exact) mass is 211 g/mol. The number of ether oxygens (including phenoxy) is 1. The Morgan fingerprint density at radius 3 is 3.07 bits per heavy atom. The molecule has 1 N–H and O–H groups in total. The third-order valence-electron chi connectivity index (χ3n) is 2.31. The highest BCUT2D eigenvalue weighted by molar-refractivity contribution is 5.19. The predicted molar refractivity (Wildman–Crippen MR) is 55.7 cm³/mol. The van der Waals surface area contributed by atoms with Gasteiger partial charge in [0.05, 0.1) is 6.10 Å². The topological polar surface area (TPSA) is 60.2 Å². The van der Waals surface area contributed by atoms with Gasteiger partial charge >= 0.3 is 6.01 Å². The smallest absolute Gasteiger partial charge is 0.321 e. The zero-order valence-electron chi connectivity index (χ0n) is 9.19. The average molecular weight is 211 g/mol. The molecule has 0 bridgehead atoms. The molecule has 0 amide bonds. The second kappa shape index (κ2) is 4.61. The third kappa shape index (κ3) is 2.92. The molecule has 2 heterocycles. The second-order valence-electron chi connectivity index (χ2n) is 4.15. The van der Waals surface area contributed by atoms with Gasteiger partial charge in [0.2, 0.25) is 0 Å². The molecule has 5 nitrogen and oxygen atoms in total. The second-order valence-corrected chi connectivity index (χ2v) is 4.15. The van der Waals surface area contributed by atoms with E-state index in [2.05, 4.69) is 15.5 Å². The minimum Gasteiger partial charge on any atom is -0.378 e. The number of nitrogens with one attached hydrogen (secondary N) is 1. The fourth-order valence-corrected chi connectivity index (χ4v) is 1.65. The first kappa shape index (κ1) is 10.4. The van der Waals surface area contributed by atoms with E-state index < -0.39 is 0 Å². The number of rotatable bonds is 4.